The van der Waals surface area contributed by atoms with Crippen molar-refractivity contribution in [2.45, 2.75) is 52.4 Å². The summed E-state index contributed by atoms with van der Waals surface area (Å²) in [5.74, 6) is 0.993. The van der Waals surface area contributed by atoms with Gasteiger partial charge in [0.15, 0.2) is 5.96 Å². The van der Waals surface area contributed by atoms with Crippen molar-refractivity contribution in [3.05, 3.63) is 35.6 Å². The van der Waals surface area contributed by atoms with Crippen molar-refractivity contribution >= 4 is 5.96 Å². The average Bonchev–Trinajstić information content (AvgIpc) is 2.57. The van der Waals surface area contributed by atoms with Gasteiger partial charge >= 0.3 is 0 Å². The molecular weight excluding hydrogens is 317 g/mol. The first-order valence-corrected chi connectivity index (χ1v) is 9.32. The van der Waals surface area contributed by atoms with Crippen molar-refractivity contribution in [3.63, 3.8) is 0 Å². The maximum atomic E-state index is 13.5. The van der Waals surface area contributed by atoms with Gasteiger partial charge in [0, 0.05) is 25.1 Å². The molecule has 1 aromatic carbocycles. The molecule has 0 aromatic heterocycles. The maximum absolute atomic E-state index is 13.5. The number of rotatable bonds is 10. The Hall–Kier alpha value is -1.62. The predicted octanol–water partition coefficient (Wildman–Crippen LogP) is 3.46. The Balaban J connectivity index is 2.73. The first-order valence-electron chi connectivity index (χ1n) is 9.32. The molecule has 1 aromatic rings. The van der Waals surface area contributed by atoms with Gasteiger partial charge in [-0.15, -0.1) is 0 Å². The summed E-state index contributed by atoms with van der Waals surface area (Å²) in [6.07, 6.45) is 2.99. The van der Waals surface area contributed by atoms with Crippen LogP contribution in [0, 0.1) is 11.7 Å². The molecule has 25 heavy (non-hydrogen) atoms. The molecule has 1 rings (SSSR count). The summed E-state index contributed by atoms with van der Waals surface area (Å²) in [6.45, 7) is 10.7. The van der Waals surface area contributed by atoms with E-state index in [1.165, 1.54) is 6.07 Å². The number of nitrogens with one attached hydrogen (secondary N) is 2. The number of halogens is 1. The lowest BCUT2D eigenvalue weighted by Gasteiger charge is -2.24. The van der Waals surface area contributed by atoms with E-state index >= 15 is 0 Å². The van der Waals surface area contributed by atoms with Crippen LogP contribution in [0.4, 0.5) is 4.39 Å². The SMILES string of the molecule is CCCC(CCO)CNC(=NCC(C)(C)c1cccc(F)c1)NCC. The smallest absolute Gasteiger partial charge is 0.191 e. The molecule has 0 fully saturated rings. The lowest BCUT2D eigenvalue weighted by atomic mass is 9.85. The molecule has 0 saturated heterocycles. The van der Waals surface area contributed by atoms with Crippen LogP contribution in [-0.2, 0) is 5.41 Å². The van der Waals surface area contributed by atoms with Gasteiger partial charge in [0.25, 0.3) is 0 Å². The number of benzene rings is 1. The van der Waals surface area contributed by atoms with Crippen LogP contribution in [0.5, 0.6) is 0 Å². The standard InChI is InChI=1S/C20H34FN3O/c1-5-8-16(11-12-25)14-23-19(22-6-2)24-15-20(3,4)17-9-7-10-18(21)13-17/h7,9-10,13,16,25H,5-6,8,11-12,14-15H2,1-4H3,(H2,22,23,24). The van der Waals surface area contributed by atoms with Crippen molar-refractivity contribution < 1.29 is 9.50 Å². The Morgan fingerprint density at radius 1 is 1.24 bits per heavy atom. The van der Waals surface area contributed by atoms with Crippen molar-refractivity contribution in [2.75, 3.05) is 26.2 Å². The quantitative estimate of drug-likeness (QED) is 0.447. The van der Waals surface area contributed by atoms with Crippen LogP contribution in [-0.4, -0.2) is 37.3 Å². The van der Waals surface area contributed by atoms with Crippen molar-refractivity contribution in [1.82, 2.24) is 10.6 Å². The van der Waals surface area contributed by atoms with E-state index in [1.54, 1.807) is 12.1 Å². The van der Waals surface area contributed by atoms with Gasteiger partial charge in [0.2, 0.25) is 0 Å². The molecule has 1 unspecified atom stereocenters. The second kappa shape index (κ2) is 11.1. The minimum atomic E-state index is -0.252. The van der Waals surface area contributed by atoms with Gasteiger partial charge in [0.1, 0.15) is 5.82 Å². The van der Waals surface area contributed by atoms with E-state index in [0.29, 0.717) is 12.5 Å². The Morgan fingerprint density at radius 2 is 2.00 bits per heavy atom. The molecule has 0 radical (unpaired) electrons. The van der Waals surface area contributed by atoms with Crippen LogP contribution in [0.15, 0.2) is 29.3 Å². The van der Waals surface area contributed by atoms with Gasteiger partial charge in [-0.3, -0.25) is 4.99 Å². The molecule has 0 heterocycles. The van der Waals surface area contributed by atoms with E-state index in [4.69, 9.17) is 4.99 Å². The topological polar surface area (TPSA) is 56.6 Å². The van der Waals surface area contributed by atoms with Crippen molar-refractivity contribution in [3.8, 4) is 0 Å². The van der Waals surface area contributed by atoms with E-state index in [0.717, 1.165) is 43.9 Å². The minimum Gasteiger partial charge on any atom is -0.396 e. The van der Waals surface area contributed by atoms with Gasteiger partial charge in [-0.1, -0.05) is 39.3 Å². The zero-order valence-electron chi connectivity index (χ0n) is 16.1. The predicted molar refractivity (Wildman–Crippen MR) is 104 cm³/mol. The number of hydrogen-bond donors (Lipinski definition) is 3. The summed E-state index contributed by atoms with van der Waals surface area (Å²) in [4.78, 5) is 4.69. The van der Waals surface area contributed by atoms with E-state index in [-0.39, 0.29) is 17.8 Å². The lowest BCUT2D eigenvalue weighted by Crippen LogP contribution is -2.41. The number of aliphatic hydroxyl groups excluding tert-OH is 1. The van der Waals surface area contributed by atoms with E-state index in [1.807, 2.05) is 13.0 Å². The molecule has 0 amide bonds. The van der Waals surface area contributed by atoms with Gasteiger partial charge in [0.05, 0.1) is 6.54 Å². The highest BCUT2D eigenvalue weighted by Gasteiger charge is 2.21. The summed E-state index contributed by atoms with van der Waals surface area (Å²) >= 11 is 0. The van der Waals surface area contributed by atoms with E-state index in [9.17, 15) is 9.50 Å². The normalized spacial score (nSPS) is 13.6. The molecular formula is C20H34FN3O. The highest BCUT2D eigenvalue weighted by Crippen LogP contribution is 2.24. The Kier molecular flexibility index (Phi) is 9.50. The third-order valence-electron chi connectivity index (χ3n) is 4.38. The highest BCUT2D eigenvalue weighted by molar-refractivity contribution is 5.79. The van der Waals surface area contributed by atoms with Gasteiger partial charge < -0.3 is 15.7 Å². The summed E-state index contributed by atoms with van der Waals surface area (Å²) in [7, 11) is 0. The molecule has 0 aliphatic heterocycles. The van der Waals surface area contributed by atoms with Gasteiger partial charge in [-0.05, 0) is 43.4 Å². The number of aliphatic hydroxyl groups is 1. The van der Waals surface area contributed by atoms with Gasteiger partial charge in [-0.2, -0.15) is 0 Å². The molecule has 4 nitrogen and oxygen atoms in total. The number of guanidine groups is 1. The molecule has 3 N–H and O–H groups in total. The monoisotopic (exact) mass is 351 g/mol. The molecule has 5 heteroatoms. The Bertz CT molecular complexity index is 525. The third kappa shape index (κ3) is 7.86. The third-order valence-corrected chi connectivity index (χ3v) is 4.38. The van der Waals surface area contributed by atoms with Gasteiger partial charge in [-0.25, -0.2) is 4.39 Å². The summed E-state index contributed by atoms with van der Waals surface area (Å²) in [5.41, 5.74) is 0.689. The van der Waals surface area contributed by atoms with E-state index < -0.39 is 0 Å². The maximum Gasteiger partial charge on any atom is 0.191 e. The summed E-state index contributed by atoms with van der Waals surface area (Å²) in [5, 5.41) is 15.8. The van der Waals surface area contributed by atoms with Crippen molar-refractivity contribution in [2.24, 2.45) is 10.9 Å². The second-order valence-corrected chi connectivity index (χ2v) is 7.14. The van der Waals surface area contributed by atoms with Crippen LogP contribution in [0.25, 0.3) is 0 Å². The largest absolute Gasteiger partial charge is 0.396 e. The fourth-order valence-electron chi connectivity index (χ4n) is 2.80. The molecule has 0 spiro atoms. The molecule has 142 valence electrons. The first-order chi connectivity index (χ1) is 11.9. The molecule has 0 saturated carbocycles. The number of hydrogen-bond acceptors (Lipinski definition) is 2. The summed E-state index contributed by atoms with van der Waals surface area (Å²) in [6, 6.07) is 6.72. The number of nitrogens with zero attached hydrogens (tertiary/aromatic N) is 1. The van der Waals surface area contributed by atoms with Crippen LogP contribution >= 0.6 is 0 Å². The molecule has 0 aliphatic carbocycles. The van der Waals surface area contributed by atoms with Crippen LogP contribution in [0.3, 0.4) is 0 Å². The minimum absolute atomic E-state index is 0.215. The fraction of sp³-hybridized carbons (Fsp3) is 0.650. The fourth-order valence-corrected chi connectivity index (χ4v) is 2.80. The van der Waals surface area contributed by atoms with Crippen LogP contribution in [0.1, 0.15) is 52.5 Å². The first kappa shape index (κ1) is 21.4. The summed E-state index contributed by atoms with van der Waals surface area (Å²) < 4.78 is 13.5. The Labute approximate surface area is 151 Å². The van der Waals surface area contributed by atoms with Crippen molar-refractivity contribution in [1.29, 1.82) is 0 Å². The second-order valence-electron chi connectivity index (χ2n) is 7.14. The van der Waals surface area contributed by atoms with Crippen LogP contribution in [0.2, 0.25) is 0 Å². The Morgan fingerprint density at radius 3 is 2.60 bits per heavy atom. The zero-order chi connectivity index (χ0) is 18.7. The molecule has 0 bridgehead atoms. The highest BCUT2D eigenvalue weighted by atomic mass is 19.1. The number of aliphatic imine (C=N–C) groups is 1. The zero-order valence-corrected chi connectivity index (χ0v) is 16.1. The average molecular weight is 352 g/mol. The lowest BCUT2D eigenvalue weighted by molar-refractivity contribution is 0.251. The van der Waals surface area contributed by atoms with E-state index in [2.05, 4.69) is 31.4 Å². The molecule has 1 atom stereocenters. The molecule has 0 aliphatic rings. The van der Waals surface area contributed by atoms with Crippen LogP contribution < -0.4 is 10.6 Å².